The molecule has 0 N–H and O–H groups in total. The van der Waals surface area contributed by atoms with Gasteiger partial charge in [0.25, 0.3) is 0 Å². The first-order chi connectivity index (χ1) is 11.8. The van der Waals surface area contributed by atoms with Crippen LogP contribution < -0.4 is 0 Å². The van der Waals surface area contributed by atoms with E-state index >= 15 is 0 Å². The Morgan fingerprint density at radius 3 is 1.38 bits per heavy atom. The van der Waals surface area contributed by atoms with Crippen LogP contribution in [0.15, 0.2) is 12.4 Å². The zero-order chi connectivity index (χ0) is 17.5. The third-order valence-corrected chi connectivity index (χ3v) is 5.30. The Labute approximate surface area is 152 Å². The first kappa shape index (κ1) is 21.4. The number of unbranched alkanes of at least 4 members (excludes halogenated alkanes) is 10. The molecule has 2 heteroatoms. The van der Waals surface area contributed by atoms with E-state index in [2.05, 4.69) is 43.0 Å². The van der Waals surface area contributed by atoms with Crippen LogP contribution in [0.3, 0.4) is 0 Å². The van der Waals surface area contributed by atoms with Crippen LogP contribution in [0.25, 0.3) is 0 Å². The molecule has 24 heavy (non-hydrogen) atoms. The lowest BCUT2D eigenvalue weighted by molar-refractivity contribution is 0.138. The van der Waals surface area contributed by atoms with Crippen molar-refractivity contribution in [3.63, 3.8) is 0 Å². The Bertz CT molecular complexity index is 274. The van der Waals surface area contributed by atoms with Gasteiger partial charge in [0.05, 0.1) is 0 Å². The minimum atomic E-state index is 0.640. The van der Waals surface area contributed by atoms with Gasteiger partial charge in [-0.1, -0.05) is 91.4 Å². The van der Waals surface area contributed by atoms with Gasteiger partial charge in [0, 0.05) is 25.5 Å². The smallest absolute Gasteiger partial charge is 0.101 e. The second-order valence-corrected chi connectivity index (χ2v) is 7.58. The topological polar surface area (TPSA) is 6.48 Å². The molecule has 0 amide bonds. The molecule has 1 aliphatic rings. The molecule has 0 fully saturated rings. The molecule has 0 aliphatic carbocycles. The lowest BCUT2D eigenvalue weighted by Gasteiger charge is -2.33. The van der Waals surface area contributed by atoms with Gasteiger partial charge in [-0.15, -0.1) is 0 Å². The maximum atomic E-state index is 2.61. The third-order valence-electron chi connectivity index (χ3n) is 5.30. The van der Waals surface area contributed by atoms with E-state index in [4.69, 9.17) is 0 Å². The van der Waals surface area contributed by atoms with E-state index in [-0.39, 0.29) is 0 Å². The van der Waals surface area contributed by atoms with E-state index in [9.17, 15) is 0 Å². The number of nitrogens with zero attached hydrogens (tertiary/aromatic N) is 2. The van der Waals surface area contributed by atoms with Gasteiger partial charge in [0.1, 0.15) is 6.17 Å². The molecule has 2 nitrogen and oxygen atoms in total. The molecule has 0 bridgehead atoms. The van der Waals surface area contributed by atoms with Gasteiger partial charge in [-0.3, -0.25) is 0 Å². The first-order valence-corrected chi connectivity index (χ1v) is 11.0. The molecule has 0 unspecified atom stereocenters. The highest BCUT2D eigenvalue weighted by atomic mass is 15.4. The van der Waals surface area contributed by atoms with Gasteiger partial charge in [-0.05, 0) is 19.3 Å². The number of rotatable bonds is 16. The third kappa shape index (κ3) is 8.99. The van der Waals surface area contributed by atoms with Crippen molar-refractivity contribution in [1.29, 1.82) is 0 Å². The molecule has 1 rings (SSSR count). The van der Waals surface area contributed by atoms with Crippen molar-refractivity contribution in [3.05, 3.63) is 12.4 Å². The van der Waals surface area contributed by atoms with Crippen molar-refractivity contribution in [3.8, 4) is 0 Å². The van der Waals surface area contributed by atoms with Gasteiger partial charge in [-0.2, -0.15) is 0 Å². The van der Waals surface area contributed by atoms with Gasteiger partial charge in [-0.25, -0.2) is 0 Å². The Balaban J connectivity index is 2.19. The predicted molar refractivity (Wildman–Crippen MR) is 108 cm³/mol. The molecular formula is C22H44N2. The molecule has 0 saturated carbocycles. The highest BCUT2D eigenvalue weighted by molar-refractivity contribution is 4.96. The maximum Gasteiger partial charge on any atom is 0.101 e. The highest BCUT2D eigenvalue weighted by Crippen LogP contribution is 2.22. The van der Waals surface area contributed by atoms with Crippen LogP contribution in [0.4, 0.5) is 0 Å². The standard InChI is InChI=1S/C22H44N2/c1-4-7-9-11-13-15-18-23-20-21-24(22(23)17-6-3)19-16-14-12-10-8-5-2/h20-22H,4-19H2,1-3H3. The highest BCUT2D eigenvalue weighted by Gasteiger charge is 2.24. The molecule has 0 atom stereocenters. The Morgan fingerprint density at radius 2 is 0.958 bits per heavy atom. The van der Waals surface area contributed by atoms with E-state index in [1.54, 1.807) is 0 Å². The Morgan fingerprint density at radius 1 is 0.542 bits per heavy atom. The largest absolute Gasteiger partial charge is 0.356 e. The van der Waals surface area contributed by atoms with E-state index in [1.165, 1.54) is 103 Å². The SMILES string of the molecule is CCCCCCCCN1C=CN(CCCCCCCC)C1CCC. The van der Waals surface area contributed by atoms with Gasteiger partial charge >= 0.3 is 0 Å². The minimum Gasteiger partial charge on any atom is -0.356 e. The average molecular weight is 337 g/mol. The fourth-order valence-electron chi connectivity index (χ4n) is 3.75. The molecule has 1 heterocycles. The zero-order valence-electron chi connectivity index (χ0n) is 16.9. The van der Waals surface area contributed by atoms with Crippen molar-refractivity contribution < 1.29 is 0 Å². The molecule has 0 radical (unpaired) electrons. The first-order valence-electron chi connectivity index (χ1n) is 11.0. The summed E-state index contributed by atoms with van der Waals surface area (Å²) in [5.74, 6) is 0. The molecule has 142 valence electrons. The molecule has 0 spiro atoms. The average Bonchev–Trinajstić information content (AvgIpc) is 2.96. The van der Waals surface area contributed by atoms with Gasteiger partial charge in [0.15, 0.2) is 0 Å². The summed E-state index contributed by atoms with van der Waals surface area (Å²) in [6.45, 7) is 9.41. The minimum absolute atomic E-state index is 0.640. The van der Waals surface area contributed by atoms with E-state index < -0.39 is 0 Å². The lowest BCUT2D eigenvalue weighted by atomic mass is 10.1. The van der Waals surface area contributed by atoms with Crippen LogP contribution >= 0.6 is 0 Å². The fraction of sp³-hybridized carbons (Fsp3) is 0.909. The molecule has 0 aromatic heterocycles. The van der Waals surface area contributed by atoms with Crippen molar-refractivity contribution in [2.45, 2.75) is 117 Å². The second kappa shape index (κ2) is 14.7. The van der Waals surface area contributed by atoms with Crippen LogP contribution in [0.2, 0.25) is 0 Å². The monoisotopic (exact) mass is 336 g/mol. The quantitative estimate of drug-likeness (QED) is 0.282. The maximum absolute atomic E-state index is 2.61. The number of hydrogen-bond acceptors (Lipinski definition) is 2. The summed E-state index contributed by atoms with van der Waals surface area (Å²) in [6.07, 6.45) is 24.7. The summed E-state index contributed by atoms with van der Waals surface area (Å²) in [5.41, 5.74) is 0. The summed E-state index contributed by atoms with van der Waals surface area (Å²) in [5, 5.41) is 0. The van der Waals surface area contributed by atoms with Crippen LogP contribution in [0, 0.1) is 0 Å². The van der Waals surface area contributed by atoms with Crippen LogP contribution in [0.1, 0.15) is 111 Å². The Kier molecular flexibility index (Phi) is 13.1. The summed E-state index contributed by atoms with van der Waals surface area (Å²) in [7, 11) is 0. The van der Waals surface area contributed by atoms with Crippen molar-refractivity contribution >= 4 is 0 Å². The molecule has 0 aromatic rings. The van der Waals surface area contributed by atoms with Gasteiger partial charge in [0.2, 0.25) is 0 Å². The van der Waals surface area contributed by atoms with E-state index in [0.717, 1.165) is 0 Å². The van der Waals surface area contributed by atoms with Crippen LogP contribution in [-0.2, 0) is 0 Å². The normalized spacial score (nSPS) is 15.0. The lowest BCUT2D eigenvalue weighted by Crippen LogP contribution is -2.39. The number of hydrogen-bond donors (Lipinski definition) is 0. The van der Waals surface area contributed by atoms with Crippen molar-refractivity contribution in [1.82, 2.24) is 9.80 Å². The molecule has 0 saturated heterocycles. The molecule has 1 aliphatic heterocycles. The van der Waals surface area contributed by atoms with Gasteiger partial charge < -0.3 is 9.80 Å². The molecular weight excluding hydrogens is 292 g/mol. The Hall–Kier alpha value is -0.660. The summed E-state index contributed by atoms with van der Waals surface area (Å²) in [6, 6.07) is 0. The molecule has 0 aromatic carbocycles. The zero-order valence-corrected chi connectivity index (χ0v) is 16.9. The van der Waals surface area contributed by atoms with Crippen LogP contribution in [-0.4, -0.2) is 29.1 Å². The van der Waals surface area contributed by atoms with Crippen molar-refractivity contribution in [2.24, 2.45) is 0 Å². The summed E-state index contributed by atoms with van der Waals surface area (Å²) < 4.78 is 0. The summed E-state index contributed by atoms with van der Waals surface area (Å²) in [4.78, 5) is 5.22. The second-order valence-electron chi connectivity index (χ2n) is 7.58. The van der Waals surface area contributed by atoms with Crippen molar-refractivity contribution in [2.75, 3.05) is 13.1 Å². The van der Waals surface area contributed by atoms with E-state index in [1.807, 2.05) is 0 Å². The summed E-state index contributed by atoms with van der Waals surface area (Å²) >= 11 is 0. The van der Waals surface area contributed by atoms with Crippen LogP contribution in [0.5, 0.6) is 0 Å². The predicted octanol–water partition coefficient (Wildman–Crippen LogP) is 6.92. The van der Waals surface area contributed by atoms with E-state index in [0.29, 0.717) is 6.17 Å². The fourth-order valence-corrected chi connectivity index (χ4v) is 3.75.